The van der Waals surface area contributed by atoms with Gasteiger partial charge in [0.2, 0.25) is 16.8 Å². The minimum absolute atomic E-state index is 0.0209. The smallest absolute Gasteiger partial charge is 0.407 e. The average Bonchev–Trinajstić information content (AvgIpc) is 3.40. The first kappa shape index (κ1) is 35.2. The third kappa shape index (κ3) is 9.14. The summed E-state index contributed by atoms with van der Waals surface area (Å²) in [7, 11) is -4.22. The van der Waals surface area contributed by atoms with Crippen molar-refractivity contribution in [2.24, 2.45) is 11.3 Å². The van der Waals surface area contributed by atoms with Crippen LogP contribution in [0, 0.1) is 11.3 Å². The highest BCUT2D eigenvalue weighted by molar-refractivity contribution is 7.89. The Balaban J connectivity index is 1.19. The van der Waals surface area contributed by atoms with Crippen molar-refractivity contribution in [1.82, 2.24) is 14.9 Å². The van der Waals surface area contributed by atoms with Crippen LogP contribution in [-0.4, -0.2) is 100 Å². The summed E-state index contributed by atoms with van der Waals surface area (Å²) in [6.45, 7) is 4.13. The van der Waals surface area contributed by atoms with Gasteiger partial charge in [-0.25, -0.2) is 18.0 Å². The van der Waals surface area contributed by atoms with Crippen LogP contribution in [-0.2, 0) is 35.4 Å². The maximum Gasteiger partial charge on any atom is 0.407 e. The fourth-order valence-electron chi connectivity index (χ4n) is 6.20. The van der Waals surface area contributed by atoms with Gasteiger partial charge < -0.3 is 44.2 Å². The summed E-state index contributed by atoms with van der Waals surface area (Å²) in [6.07, 6.45) is -0.378. The van der Waals surface area contributed by atoms with Crippen molar-refractivity contribution in [3.63, 3.8) is 0 Å². The molecule has 4 aliphatic rings. The standard InChI is InChI=1S/C34H45N3O11S/c1-34(2,13-15-44-32(39)35-23-8-9-23)20-37(49(41,42)24-10-11-28-29(17-24)47-21-46-28)18-27(38)26(16-22-6-4-3-5-7-22)36-33(40)48-30-19-45-31-25(30)12-14-43-31/h3-7,10-11,17,23,25-27,30-31,38H,8-9,12-16,18-21H2,1-2H3,(H,35,39)(H,36,40)/t25-,26-,27+,30-,31+/m0/s1. The van der Waals surface area contributed by atoms with Gasteiger partial charge in [-0.2, -0.15) is 4.31 Å². The van der Waals surface area contributed by atoms with Crippen molar-refractivity contribution in [1.29, 1.82) is 0 Å². The molecule has 3 N–H and O–H groups in total. The number of carbonyl (C=O) groups excluding carboxylic acids is 2. The summed E-state index contributed by atoms with van der Waals surface area (Å²) in [6, 6.07) is 12.9. The molecule has 0 unspecified atom stereocenters. The van der Waals surface area contributed by atoms with Crippen LogP contribution >= 0.6 is 0 Å². The zero-order valence-corrected chi connectivity index (χ0v) is 28.6. The van der Waals surface area contributed by atoms with E-state index in [-0.39, 0.29) is 56.4 Å². The first-order chi connectivity index (χ1) is 23.5. The molecule has 0 spiro atoms. The van der Waals surface area contributed by atoms with E-state index < -0.39 is 52.2 Å². The molecule has 6 rings (SSSR count). The van der Waals surface area contributed by atoms with Crippen molar-refractivity contribution in [3.05, 3.63) is 54.1 Å². The van der Waals surface area contributed by atoms with Gasteiger partial charge in [0, 0.05) is 25.2 Å². The fraction of sp³-hybridized carbons (Fsp3) is 0.588. The lowest BCUT2D eigenvalue weighted by Crippen LogP contribution is -2.52. The van der Waals surface area contributed by atoms with E-state index in [1.54, 1.807) is 0 Å². The SMILES string of the molecule is CC(C)(CCOC(=O)NC1CC1)CN(C[C@@H](O)[C@H](Cc1ccccc1)NC(=O)O[C@H]1CO[C@H]2OCC[C@H]21)S(=O)(=O)c1ccc2c(c1)OCO2. The van der Waals surface area contributed by atoms with Gasteiger partial charge >= 0.3 is 12.2 Å². The van der Waals surface area contributed by atoms with E-state index in [1.165, 1.54) is 22.5 Å². The number of aliphatic hydroxyl groups excluding tert-OH is 1. The molecule has 14 nitrogen and oxygen atoms in total. The van der Waals surface area contributed by atoms with Gasteiger partial charge in [-0.05, 0) is 55.2 Å². The highest BCUT2D eigenvalue weighted by Gasteiger charge is 2.44. The number of rotatable bonds is 15. The lowest BCUT2D eigenvalue weighted by molar-refractivity contribution is -0.0907. The minimum Gasteiger partial charge on any atom is -0.454 e. The van der Waals surface area contributed by atoms with Crippen molar-refractivity contribution < 1.29 is 51.5 Å². The molecule has 2 aromatic rings. The molecule has 268 valence electrons. The van der Waals surface area contributed by atoms with Crippen LogP contribution < -0.4 is 20.1 Å². The third-order valence-corrected chi connectivity index (χ3v) is 11.0. The molecule has 2 saturated heterocycles. The zero-order chi connectivity index (χ0) is 34.6. The predicted molar refractivity (Wildman–Crippen MR) is 174 cm³/mol. The number of hydrogen-bond acceptors (Lipinski definition) is 11. The molecule has 0 aromatic heterocycles. The van der Waals surface area contributed by atoms with Crippen molar-refractivity contribution in [2.75, 3.05) is 39.7 Å². The Labute approximate surface area is 286 Å². The molecule has 0 bridgehead atoms. The average molecular weight is 704 g/mol. The molecular formula is C34H45N3O11S. The minimum atomic E-state index is -4.22. The Morgan fingerprint density at radius 3 is 2.59 bits per heavy atom. The topological polar surface area (TPSA) is 171 Å². The normalized spacial score (nSPS) is 22.7. The highest BCUT2D eigenvalue weighted by atomic mass is 32.2. The third-order valence-electron chi connectivity index (χ3n) is 9.20. The van der Waals surface area contributed by atoms with Crippen LogP contribution in [0.1, 0.15) is 45.1 Å². The molecule has 1 aliphatic carbocycles. The summed E-state index contributed by atoms with van der Waals surface area (Å²) in [5.74, 6) is 0.658. The number of aliphatic hydroxyl groups is 1. The second-order valence-corrected chi connectivity index (χ2v) is 15.7. The van der Waals surface area contributed by atoms with E-state index in [1.807, 2.05) is 44.2 Å². The number of amides is 2. The predicted octanol–water partition coefficient (Wildman–Crippen LogP) is 3.17. The number of ether oxygens (including phenoxy) is 6. The van der Waals surface area contributed by atoms with Crippen LogP contribution in [0.4, 0.5) is 9.59 Å². The van der Waals surface area contributed by atoms with E-state index in [4.69, 9.17) is 28.4 Å². The molecule has 49 heavy (non-hydrogen) atoms. The number of hydrogen-bond donors (Lipinski definition) is 3. The summed E-state index contributed by atoms with van der Waals surface area (Å²) in [4.78, 5) is 25.3. The number of carbonyl (C=O) groups is 2. The van der Waals surface area contributed by atoms with Gasteiger partial charge in [0.15, 0.2) is 17.8 Å². The molecule has 1 saturated carbocycles. The van der Waals surface area contributed by atoms with Gasteiger partial charge in [-0.1, -0.05) is 44.2 Å². The number of benzene rings is 2. The molecule has 3 fully saturated rings. The Morgan fingerprint density at radius 1 is 1.04 bits per heavy atom. The number of nitrogens with one attached hydrogen (secondary N) is 2. The zero-order valence-electron chi connectivity index (χ0n) is 27.7. The van der Waals surface area contributed by atoms with Gasteiger partial charge in [0.1, 0.15) is 6.10 Å². The van der Waals surface area contributed by atoms with E-state index in [0.717, 1.165) is 18.4 Å². The second kappa shape index (κ2) is 15.1. The highest BCUT2D eigenvalue weighted by Crippen LogP contribution is 2.36. The van der Waals surface area contributed by atoms with Crippen molar-refractivity contribution >= 4 is 22.2 Å². The van der Waals surface area contributed by atoms with Gasteiger partial charge in [-0.15, -0.1) is 0 Å². The number of fused-ring (bicyclic) bond motifs is 2. The van der Waals surface area contributed by atoms with Crippen LogP contribution in [0.15, 0.2) is 53.4 Å². The summed E-state index contributed by atoms with van der Waals surface area (Å²) in [5, 5.41) is 17.3. The first-order valence-electron chi connectivity index (χ1n) is 16.7. The Hall–Kier alpha value is -3.63. The summed E-state index contributed by atoms with van der Waals surface area (Å²) in [5.41, 5.74) is 0.138. The molecule has 2 amide bonds. The summed E-state index contributed by atoms with van der Waals surface area (Å²) < 4.78 is 62.8. The molecule has 0 radical (unpaired) electrons. The number of alkyl carbamates (subject to hydrolysis) is 2. The van der Waals surface area contributed by atoms with E-state index in [9.17, 15) is 23.1 Å². The van der Waals surface area contributed by atoms with Crippen LogP contribution in [0.3, 0.4) is 0 Å². The van der Waals surface area contributed by atoms with Crippen LogP contribution in [0.2, 0.25) is 0 Å². The Kier molecular flexibility index (Phi) is 10.8. The monoisotopic (exact) mass is 703 g/mol. The maximum atomic E-state index is 14.3. The molecule has 2 aromatic carbocycles. The first-order valence-corrected chi connectivity index (χ1v) is 18.2. The van der Waals surface area contributed by atoms with Gasteiger partial charge in [0.25, 0.3) is 0 Å². The number of nitrogens with zero attached hydrogens (tertiary/aromatic N) is 1. The Bertz CT molecular complexity index is 1570. The van der Waals surface area contributed by atoms with Crippen molar-refractivity contribution in [2.45, 2.75) is 81.4 Å². The van der Waals surface area contributed by atoms with E-state index in [0.29, 0.717) is 30.9 Å². The Morgan fingerprint density at radius 2 is 1.82 bits per heavy atom. The lowest BCUT2D eigenvalue weighted by Gasteiger charge is -2.35. The molecular weight excluding hydrogens is 658 g/mol. The van der Waals surface area contributed by atoms with Gasteiger partial charge in [0.05, 0.1) is 42.8 Å². The van der Waals surface area contributed by atoms with E-state index >= 15 is 0 Å². The maximum absolute atomic E-state index is 14.3. The molecule has 5 atom stereocenters. The lowest BCUT2D eigenvalue weighted by atomic mass is 9.89. The number of sulfonamides is 1. The van der Waals surface area contributed by atoms with Crippen LogP contribution in [0.25, 0.3) is 0 Å². The fourth-order valence-corrected chi connectivity index (χ4v) is 7.87. The molecule has 15 heteroatoms. The molecule has 3 aliphatic heterocycles. The van der Waals surface area contributed by atoms with E-state index in [2.05, 4.69) is 10.6 Å². The van der Waals surface area contributed by atoms with Crippen LogP contribution in [0.5, 0.6) is 11.5 Å². The molecule has 3 heterocycles. The van der Waals surface area contributed by atoms with Gasteiger partial charge in [-0.3, -0.25) is 0 Å². The quantitative estimate of drug-likeness (QED) is 0.249. The largest absolute Gasteiger partial charge is 0.454 e. The summed E-state index contributed by atoms with van der Waals surface area (Å²) >= 11 is 0. The van der Waals surface area contributed by atoms with Crippen molar-refractivity contribution in [3.8, 4) is 11.5 Å². The second-order valence-electron chi connectivity index (χ2n) is 13.8.